The van der Waals surface area contributed by atoms with E-state index in [0.717, 1.165) is 19.3 Å². The smallest absolute Gasteiger partial charge is 0.253 e. The van der Waals surface area contributed by atoms with E-state index in [0.29, 0.717) is 0 Å². The zero-order valence-corrected chi connectivity index (χ0v) is 12.0. The van der Waals surface area contributed by atoms with Crippen LogP contribution in [0.5, 0.6) is 0 Å². The van der Waals surface area contributed by atoms with E-state index in [1.54, 1.807) is 0 Å². The zero-order valence-electron chi connectivity index (χ0n) is 10.4. The number of hydrogen-bond acceptors (Lipinski definition) is 3. The number of rotatable bonds is 3. The lowest BCUT2D eigenvalue weighted by atomic mass is 9.78. The summed E-state index contributed by atoms with van der Waals surface area (Å²) in [5, 5.41) is 8.11. The Balaban J connectivity index is 2.30. The molecular weight excluding hydrogens is 288 g/mol. The van der Waals surface area contributed by atoms with Crippen molar-refractivity contribution < 1.29 is 13.2 Å². The summed E-state index contributed by atoms with van der Waals surface area (Å²) in [5.74, 6) is -0.377. The van der Waals surface area contributed by atoms with Gasteiger partial charge in [-0.2, -0.15) is 0 Å². The zero-order chi connectivity index (χ0) is 14.3. The van der Waals surface area contributed by atoms with E-state index in [9.17, 15) is 13.2 Å². The minimum atomic E-state index is -3.85. The van der Waals surface area contributed by atoms with Crippen molar-refractivity contribution in [3.05, 3.63) is 28.8 Å². The van der Waals surface area contributed by atoms with Crippen LogP contribution in [0.1, 0.15) is 36.5 Å². The highest BCUT2D eigenvalue weighted by Gasteiger charge is 2.33. The number of sulfonamides is 1. The van der Waals surface area contributed by atoms with Gasteiger partial charge in [0.25, 0.3) is 5.91 Å². The molecule has 0 saturated heterocycles. The summed E-state index contributed by atoms with van der Waals surface area (Å²) in [6.45, 7) is 1.95. The van der Waals surface area contributed by atoms with Gasteiger partial charge >= 0.3 is 0 Å². The summed E-state index contributed by atoms with van der Waals surface area (Å²) in [5.41, 5.74) is -0.0980. The van der Waals surface area contributed by atoms with E-state index in [-0.39, 0.29) is 26.9 Å². The predicted molar refractivity (Wildman–Crippen MR) is 72.5 cm³/mol. The quantitative estimate of drug-likeness (QED) is 0.890. The lowest BCUT2D eigenvalue weighted by molar-refractivity contribution is 0.0850. The van der Waals surface area contributed by atoms with Crippen LogP contribution in [0.25, 0.3) is 0 Å². The molecule has 0 aromatic heterocycles. The van der Waals surface area contributed by atoms with Gasteiger partial charge in [-0.1, -0.05) is 11.6 Å². The minimum Gasteiger partial charge on any atom is -0.347 e. The van der Waals surface area contributed by atoms with E-state index >= 15 is 0 Å². The number of halogens is 1. The first-order valence-electron chi connectivity index (χ1n) is 5.86. The summed E-state index contributed by atoms with van der Waals surface area (Å²) in [6, 6.07) is 3.84. The molecule has 1 aliphatic rings. The Morgan fingerprint density at radius 1 is 1.42 bits per heavy atom. The Morgan fingerprint density at radius 2 is 2.05 bits per heavy atom. The highest BCUT2D eigenvalue weighted by Crippen LogP contribution is 2.31. The summed E-state index contributed by atoms with van der Waals surface area (Å²) in [7, 11) is -3.85. The van der Waals surface area contributed by atoms with E-state index in [1.807, 2.05) is 6.92 Å². The maximum absolute atomic E-state index is 12.1. The fourth-order valence-corrected chi connectivity index (χ4v) is 2.77. The van der Waals surface area contributed by atoms with Crippen LogP contribution in [-0.4, -0.2) is 19.9 Å². The Labute approximate surface area is 117 Å². The Kier molecular flexibility index (Phi) is 3.59. The second kappa shape index (κ2) is 4.77. The third-order valence-corrected chi connectivity index (χ3v) is 4.62. The molecule has 1 amide bonds. The van der Waals surface area contributed by atoms with Gasteiger partial charge in [0, 0.05) is 5.54 Å². The number of nitrogens with one attached hydrogen (secondary N) is 1. The molecule has 5 nitrogen and oxygen atoms in total. The van der Waals surface area contributed by atoms with Crippen LogP contribution in [-0.2, 0) is 10.0 Å². The SMILES string of the molecule is CC1(NC(=O)c2cc(S(N)(=O)=O)ccc2Cl)CCC1. The number of amides is 1. The van der Waals surface area contributed by atoms with Gasteiger partial charge in [0.15, 0.2) is 0 Å². The van der Waals surface area contributed by atoms with Crippen molar-refractivity contribution >= 4 is 27.5 Å². The molecule has 0 heterocycles. The molecule has 1 aromatic rings. The Bertz CT molecular complexity index is 624. The molecule has 1 fully saturated rings. The highest BCUT2D eigenvalue weighted by molar-refractivity contribution is 7.89. The molecule has 0 aliphatic heterocycles. The van der Waals surface area contributed by atoms with Crippen molar-refractivity contribution in [1.29, 1.82) is 0 Å². The van der Waals surface area contributed by atoms with Gasteiger partial charge in [0.05, 0.1) is 15.5 Å². The van der Waals surface area contributed by atoms with Crippen molar-refractivity contribution in [2.24, 2.45) is 5.14 Å². The maximum Gasteiger partial charge on any atom is 0.253 e. The first-order valence-corrected chi connectivity index (χ1v) is 7.79. The first kappa shape index (κ1) is 14.3. The number of carbonyl (C=O) groups is 1. The number of hydrogen-bond donors (Lipinski definition) is 2. The maximum atomic E-state index is 12.1. The molecule has 3 N–H and O–H groups in total. The van der Waals surface area contributed by atoms with Crippen LogP contribution in [0, 0.1) is 0 Å². The molecule has 2 rings (SSSR count). The van der Waals surface area contributed by atoms with Crippen molar-refractivity contribution in [1.82, 2.24) is 5.32 Å². The summed E-state index contributed by atoms with van der Waals surface area (Å²) < 4.78 is 22.5. The highest BCUT2D eigenvalue weighted by atomic mass is 35.5. The van der Waals surface area contributed by atoms with Crippen molar-refractivity contribution in [3.63, 3.8) is 0 Å². The molecule has 0 bridgehead atoms. The average Bonchev–Trinajstić information content (AvgIpc) is 2.25. The molecule has 0 unspecified atom stereocenters. The molecule has 104 valence electrons. The second-order valence-electron chi connectivity index (χ2n) is 5.05. The van der Waals surface area contributed by atoms with Crippen molar-refractivity contribution in [3.8, 4) is 0 Å². The van der Waals surface area contributed by atoms with Crippen molar-refractivity contribution in [2.75, 3.05) is 0 Å². The Morgan fingerprint density at radius 3 is 2.53 bits per heavy atom. The van der Waals surface area contributed by atoms with E-state index < -0.39 is 10.0 Å². The van der Waals surface area contributed by atoms with E-state index in [1.165, 1.54) is 18.2 Å². The standard InChI is InChI=1S/C12H15ClN2O3S/c1-12(5-2-6-12)15-11(16)9-7-8(19(14,17)18)3-4-10(9)13/h3-4,7H,2,5-6H2,1H3,(H,15,16)(H2,14,17,18). The number of primary sulfonamides is 1. The second-order valence-corrected chi connectivity index (χ2v) is 7.02. The van der Waals surface area contributed by atoms with Gasteiger partial charge in [-0.15, -0.1) is 0 Å². The lowest BCUT2D eigenvalue weighted by Crippen LogP contribution is -2.51. The van der Waals surface area contributed by atoms with Gasteiger partial charge in [-0.25, -0.2) is 13.6 Å². The summed E-state index contributed by atoms with van der Waals surface area (Å²) >= 11 is 5.93. The van der Waals surface area contributed by atoms with Crippen LogP contribution >= 0.6 is 11.6 Å². The average molecular weight is 303 g/mol. The lowest BCUT2D eigenvalue weighted by Gasteiger charge is -2.39. The molecule has 1 aromatic carbocycles. The predicted octanol–water partition coefficient (Wildman–Crippen LogP) is 1.66. The number of benzene rings is 1. The minimum absolute atomic E-state index is 0.124. The molecular formula is C12H15ClN2O3S. The topological polar surface area (TPSA) is 89.3 Å². The van der Waals surface area contributed by atoms with Crippen LogP contribution in [0.3, 0.4) is 0 Å². The third kappa shape index (κ3) is 3.08. The van der Waals surface area contributed by atoms with Crippen LogP contribution < -0.4 is 10.5 Å². The van der Waals surface area contributed by atoms with E-state index in [2.05, 4.69) is 5.32 Å². The largest absolute Gasteiger partial charge is 0.347 e. The van der Waals surface area contributed by atoms with E-state index in [4.69, 9.17) is 16.7 Å². The molecule has 7 heteroatoms. The monoisotopic (exact) mass is 302 g/mol. The van der Waals surface area contributed by atoms with Gasteiger partial charge in [-0.3, -0.25) is 4.79 Å². The van der Waals surface area contributed by atoms with Crippen LogP contribution in [0.2, 0.25) is 5.02 Å². The molecule has 0 atom stereocenters. The number of nitrogens with two attached hydrogens (primary N) is 1. The summed E-state index contributed by atoms with van der Waals surface area (Å²) in [6.07, 6.45) is 2.89. The van der Waals surface area contributed by atoms with Crippen LogP contribution in [0.15, 0.2) is 23.1 Å². The van der Waals surface area contributed by atoms with Gasteiger partial charge in [0.2, 0.25) is 10.0 Å². The van der Waals surface area contributed by atoms with Crippen molar-refractivity contribution in [2.45, 2.75) is 36.6 Å². The third-order valence-electron chi connectivity index (χ3n) is 3.38. The molecule has 1 aliphatic carbocycles. The van der Waals surface area contributed by atoms with Gasteiger partial charge < -0.3 is 5.32 Å². The first-order chi connectivity index (χ1) is 8.71. The fourth-order valence-electron chi connectivity index (χ4n) is 2.03. The van der Waals surface area contributed by atoms with Gasteiger partial charge in [-0.05, 0) is 44.4 Å². The number of carbonyl (C=O) groups excluding carboxylic acids is 1. The van der Waals surface area contributed by atoms with Crippen LogP contribution in [0.4, 0.5) is 0 Å². The summed E-state index contributed by atoms with van der Waals surface area (Å²) in [4.78, 5) is 12.0. The molecule has 0 spiro atoms. The molecule has 0 radical (unpaired) electrons. The fraction of sp³-hybridized carbons (Fsp3) is 0.417. The van der Waals surface area contributed by atoms with Gasteiger partial charge in [0.1, 0.15) is 0 Å². The molecule has 19 heavy (non-hydrogen) atoms. The molecule has 1 saturated carbocycles. The normalized spacial score (nSPS) is 17.6. The Hall–Kier alpha value is -1.11.